The number of aryl methyl sites for hydroxylation is 1. The molecule has 4 nitrogen and oxygen atoms in total. The summed E-state index contributed by atoms with van der Waals surface area (Å²) in [6, 6.07) is 2.36. The highest BCUT2D eigenvalue weighted by Crippen LogP contribution is 2.55. The van der Waals surface area contributed by atoms with Gasteiger partial charge in [-0.1, -0.05) is 12.8 Å². The summed E-state index contributed by atoms with van der Waals surface area (Å²) in [5.41, 5.74) is 7.79. The quantitative estimate of drug-likeness (QED) is 0.683. The molecule has 2 aliphatic rings. The highest BCUT2D eigenvalue weighted by atomic mass is 32.1. The van der Waals surface area contributed by atoms with Crippen molar-refractivity contribution in [1.29, 1.82) is 5.26 Å². The van der Waals surface area contributed by atoms with Gasteiger partial charge in [-0.05, 0) is 19.8 Å². The van der Waals surface area contributed by atoms with E-state index in [1.54, 1.807) is 11.3 Å². The van der Waals surface area contributed by atoms with Gasteiger partial charge < -0.3 is 0 Å². The fraction of sp³-hybridized carbons (Fsp3) is 0.500. The van der Waals surface area contributed by atoms with Crippen LogP contribution in [-0.2, 0) is 0 Å². The van der Waals surface area contributed by atoms with Crippen LogP contribution in [0.2, 0.25) is 0 Å². The Labute approximate surface area is 127 Å². The third kappa shape index (κ3) is 1.88. The maximum atomic E-state index is 9.58. The Bertz CT molecular complexity index is 644. The first kappa shape index (κ1) is 13.7. The zero-order valence-electron chi connectivity index (χ0n) is 11.3. The molecule has 2 heterocycles. The molecular formula is C14H17N4S2+. The van der Waals surface area contributed by atoms with Crippen molar-refractivity contribution in [3.63, 3.8) is 0 Å². The smallest absolute Gasteiger partial charge is 0.257 e. The lowest BCUT2D eigenvalue weighted by atomic mass is 9.67. The van der Waals surface area contributed by atoms with Gasteiger partial charge in [-0.3, -0.25) is 5.73 Å². The lowest BCUT2D eigenvalue weighted by Gasteiger charge is -2.36. The van der Waals surface area contributed by atoms with Crippen LogP contribution in [-0.4, -0.2) is 10.8 Å². The van der Waals surface area contributed by atoms with E-state index in [0.29, 0.717) is 10.9 Å². The second kappa shape index (κ2) is 4.90. The standard InChI is InChI=1S/C14H16N4S2/c1-8-7-20-13(17-8)10-11(16)18-12(19)9(6-15)14(10)4-2-3-5-14/h7,10,19H,2-5H2,1H3,(H2,16,18)/p+1/t10-/m1/s1. The maximum Gasteiger partial charge on any atom is 0.257 e. The number of rotatable bonds is 1. The number of hydrogen-bond acceptors (Lipinski definition) is 5. The van der Waals surface area contributed by atoms with E-state index in [4.69, 9.17) is 5.73 Å². The largest absolute Gasteiger partial charge is 0.290 e. The second-order valence-corrected chi connectivity index (χ2v) is 6.88. The molecule has 1 fully saturated rings. The van der Waals surface area contributed by atoms with Crippen molar-refractivity contribution in [2.24, 2.45) is 11.1 Å². The van der Waals surface area contributed by atoms with E-state index >= 15 is 0 Å². The fourth-order valence-electron chi connectivity index (χ4n) is 3.53. The first-order chi connectivity index (χ1) is 9.58. The van der Waals surface area contributed by atoms with Gasteiger partial charge in [0.25, 0.3) is 5.84 Å². The monoisotopic (exact) mass is 305 g/mol. The Hall–Kier alpha value is -1.32. The summed E-state index contributed by atoms with van der Waals surface area (Å²) in [5.74, 6) is 0.652. The Balaban J connectivity index is 2.18. The highest BCUT2D eigenvalue weighted by molar-refractivity contribution is 7.84. The van der Waals surface area contributed by atoms with Gasteiger partial charge in [-0.15, -0.1) is 24.0 Å². The number of aromatic nitrogens is 1. The summed E-state index contributed by atoms with van der Waals surface area (Å²) in [6.07, 6.45) is 4.21. The SMILES string of the molecule is Cc1csc([C@H]2C(N)=[NH+]C(S)=C(C#N)C23CCCC3)n1. The maximum absolute atomic E-state index is 9.58. The zero-order valence-corrected chi connectivity index (χ0v) is 13.0. The molecule has 1 aliphatic carbocycles. The number of thiol groups is 1. The summed E-state index contributed by atoms with van der Waals surface area (Å²) in [7, 11) is 0. The summed E-state index contributed by atoms with van der Waals surface area (Å²) in [5, 5.41) is 13.2. The molecule has 3 N–H and O–H groups in total. The molecule has 1 aliphatic heterocycles. The van der Waals surface area contributed by atoms with E-state index in [2.05, 4.69) is 28.7 Å². The normalized spacial score (nSPS) is 24.9. The number of thiazole rings is 1. The number of nitrogens with zero attached hydrogens (tertiary/aromatic N) is 2. The average molecular weight is 305 g/mol. The molecule has 0 aromatic carbocycles. The van der Waals surface area contributed by atoms with Crippen LogP contribution in [0.1, 0.15) is 42.3 Å². The van der Waals surface area contributed by atoms with Crippen LogP contribution in [0, 0.1) is 23.7 Å². The van der Waals surface area contributed by atoms with Crippen LogP contribution in [0.3, 0.4) is 0 Å². The molecule has 6 heteroatoms. The summed E-state index contributed by atoms with van der Waals surface area (Å²) >= 11 is 6.06. The number of hydrogen-bond donors (Lipinski definition) is 3. The fourth-order valence-corrected chi connectivity index (χ4v) is 4.96. The minimum atomic E-state index is -0.217. The van der Waals surface area contributed by atoms with Gasteiger partial charge in [-0.2, -0.15) is 5.26 Å². The van der Waals surface area contributed by atoms with Crippen LogP contribution < -0.4 is 10.7 Å². The first-order valence-corrected chi connectivity index (χ1v) is 8.06. The van der Waals surface area contributed by atoms with E-state index < -0.39 is 0 Å². The minimum absolute atomic E-state index is 0.0192. The van der Waals surface area contributed by atoms with Gasteiger partial charge in [0.2, 0.25) is 0 Å². The number of nitrogens with two attached hydrogens (primary N) is 1. The van der Waals surface area contributed by atoms with E-state index in [1.807, 2.05) is 12.3 Å². The van der Waals surface area contributed by atoms with Crippen molar-refractivity contribution in [2.75, 3.05) is 0 Å². The van der Waals surface area contributed by atoms with Crippen molar-refractivity contribution in [2.45, 2.75) is 38.5 Å². The molecule has 1 aromatic rings. The molecule has 0 unspecified atom stereocenters. The molecule has 1 atom stereocenters. The number of nitriles is 1. The van der Waals surface area contributed by atoms with Crippen LogP contribution in [0.25, 0.3) is 0 Å². The highest BCUT2D eigenvalue weighted by Gasteiger charge is 2.53. The van der Waals surface area contributed by atoms with Crippen molar-refractivity contribution in [3.8, 4) is 6.07 Å². The summed E-state index contributed by atoms with van der Waals surface area (Å²) in [6.45, 7) is 1.98. The van der Waals surface area contributed by atoms with Crippen molar-refractivity contribution in [1.82, 2.24) is 4.98 Å². The predicted molar refractivity (Wildman–Crippen MR) is 82.3 cm³/mol. The van der Waals surface area contributed by atoms with E-state index in [0.717, 1.165) is 42.0 Å². The lowest BCUT2D eigenvalue weighted by molar-refractivity contribution is -0.390. The number of allylic oxidation sites excluding steroid dienone is 1. The Morgan fingerprint density at radius 1 is 1.55 bits per heavy atom. The Morgan fingerprint density at radius 2 is 2.25 bits per heavy atom. The van der Waals surface area contributed by atoms with Crippen LogP contribution >= 0.6 is 24.0 Å². The Morgan fingerprint density at radius 3 is 2.80 bits per heavy atom. The lowest BCUT2D eigenvalue weighted by Crippen LogP contribution is -2.77. The van der Waals surface area contributed by atoms with E-state index in [1.165, 1.54) is 0 Å². The molecule has 0 amide bonds. The van der Waals surface area contributed by atoms with E-state index in [-0.39, 0.29) is 11.3 Å². The Kier molecular flexibility index (Phi) is 3.35. The topological polar surface area (TPSA) is 76.7 Å². The van der Waals surface area contributed by atoms with Gasteiger partial charge in [-0.25, -0.2) is 9.98 Å². The first-order valence-electron chi connectivity index (χ1n) is 6.73. The molecular weight excluding hydrogens is 288 g/mol. The third-order valence-corrected chi connectivity index (χ3v) is 5.72. The number of amidine groups is 1. The minimum Gasteiger partial charge on any atom is -0.290 e. The predicted octanol–water partition coefficient (Wildman–Crippen LogP) is 1.21. The van der Waals surface area contributed by atoms with Crippen LogP contribution in [0.5, 0.6) is 0 Å². The van der Waals surface area contributed by atoms with Crippen molar-refractivity contribution < 1.29 is 4.99 Å². The molecule has 1 aromatic heterocycles. The van der Waals surface area contributed by atoms with Crippen molar-refractivity contribution in [3.05, 3.63) is 26.7 Å². The zero-order chi connectivity index (χ0) is 14.3. The summed E-state index contributed by atoms with van der Waals surface area (Å²) < 4.78 is 0. The molecule has 0 radical (unpaired) electrons. The van der Waals surface area contributed by atoms with Gasteiger partial charge in [0.05, 0.1) is 5.57 Å². The van der Waals surface area contributed by atoms with E-state index in [9.17, 15) is 5.26 Å². The van der Waals surface area contributed by atoms with Crippen LogP contribution in [0.15, 0.2) is 16.0 Å². The van der Waals surface area contributed by atoms with Gasteiger partial charge in [0, 0.05) is 16.5 Å². The van der Waals surface area contributed by atoms with Gasteiger partial charge >= 0.3 is 0 Å². The van der Waals surface area contributed by atoms with Crippen molar-refractivity contribution >= 4 is 29.8 Å². The molecule has 3 rings (SSSR count). The van der Waals surface area contributed by atoms with Gasteiger partial charge in [0.15, 0.2) is 5.03 Å². The van der Waals surface area contributed by atoms with Crippen LogP contribution in [0.4, 0.5) is 0 Å². The molecule has 1 saturated carbocycles. The molecule has 20 heavy (non-hydrogen) atoms. The molecule has 0 bridgehead atoms. The average Bonchev–Trinajstić information content (AvgIpc) is 3.00. The number of nitrogens with one attached hydrogen (secondary N) is 1. The summed E-state index contributed by atoms with van der Waals surface area (Å²) in [4.78, 5) is 7.69. The third-order valence-electron chi connectivity index (χ3n) is 4.35. The molecule has 104 valence electrons. The van der Waals surface area contributed by atoms with Gasteiger partial charge in [0.1, 0.15) is 17.0 Å². The second-order valence-electron chi connectivity index (χ2n) is 5.54. The molecule has 0 saturated heterocycles. The molecule has 1 spiro atoms.